The van der Waals surface area contributed by atoms with Crippen molar-refractivity contribution in [1.29, 1.82) is 0 Å². The fraction of sp³-hybridized carbons (Fsp3) is 0.471. The third-order valence-electron chi connectivity index (χ3n) is 3.65. The number of nitrogens with one attached hydrogen (secondary N) is 1. The summed E-state index contributed by atoms with van der Waals surface area (Å²) in [6.07, 6.45) is 3.21. The fourth-order valence-corrected chi connectivity index (χ4v) is 2.59. The molecule has 0 atom stereocenters. The first-order chi connectivity index (χ1) is 10.2. The predicted octanol–water partition coefficient (Wildman–Crippen LogP) is 4.10. The summed E-state index contributed by atoms with van der Waals surface area (Å²) < 4.78 is 5.94. The molecule has 0 aliphatic rings. The molecule has 2 rings (SSSR count). The first-order valence-corrected chi connectivity index (χ1v) is 8.06. The van der Waals surface area contributed by atoms with Gasteiger partial charge in [0.1, 0.15) is 11.3 Å². The Labute approximate surface area is 132 Å². The lowest BCUT2D eigenvalue weighted by Gasteiger charge is -2.21. The topological polar surface area (TPSA) is 28.4 Å². The number of hydrogen-bond acceptors (Lipinski definition) is 2. The third-order valence-corrected chi connectivity index (χ3v) is 4.11. The number of fused-ring (bicyclic) bond motifs is 1. The van der Waals surface area contributed by atoms with E-state index >= 15 is 0 Å². The van der Waals surface area contributed by atoms with E-state index in [2.05, 4.69) is 36.2 Å². The Hall–Kier alpha value is -1.55. The van der Waals surface area contributed by atoms with Crippen LogP contribution in [-0.2, 0) is 13.0 Å². The van der Waals surface area contributed by atoms with Crippen molar-refractivity contribution in [3.8, 4) is 0 Å². The van der Waals surface area contributed by atoms with Crippen LogP contribution in [0.4, 0.5) is 0 Å². The molecule has 0 amide bonds. The smallest absolute Gasteiger partial charge is 0.168 e. The zero-order valence-corrected chi connectivity index (χ0v) is 13.9. The van der Waals surface area contributed by atoms with Gasteiger partial charge in [-0.2, -0.15) is 0 Å². The summed E-state index contributed by atoms with van der Waals surface area (Å²) in [6.45, 7) is 6.02. The van der Waals surface area contributed by atoms with Gasteiger partial charge in [0.25, 0.3) is 0 Å². The minimum absolute atomic E-state index is 0.776. The second-order valence-corrected chi connectivity index (χ2v) is 5.68. The molecule has 0 spiro atoms. The summed E-state index contributed by atoms with van der Waals surface area (Å²) in [6, 6.07) is 8.21. The zero-order valence-electron chi connectivity index (χ0n) is 13.1. The summed E-state index contributed by atoms with van der Waals surface area (Å²) >= 11 is 5.45. The number of para-hydroxylation sites is 1. The van der Waals surface area contributed by atoms with Crippen LogP contribution in [0, 0.1) is 0 Å². The Kier molecular flexibility index (Phi) is 5.62. The largest absolute Gasteiger partial charge is 0.461 e. The minimum Gasteiger partial charge on any atom is -0.461 e. The minimum atomic E-state index is 0.776. The number of unbranched alkanes of at least 4 members (excludes halogenated alkanes) is 1. The standard InChI is InChI=1S/C17H24N2OS/c1-4-6-11-18-17(21)19(3)12-14-13-9-7-8-10-16(13)20-15(14)5-2/h7-10H,4-6,11-12H2,1-3H3,(H,18,21). The first kappa shape index (κ1) is 15.8. The summed E-state index contributed by atoms with van der Waals surface area (Å²) in [5, 5.41) is 5.30. The van der Waals surface area contributed by atoms with Crippen LogP contribution in [0.3, 0.4) is 0 Å². The lowest BCUT2D eigenvalue weighted by atomic mass is 10.1. The molecule has 1 aromatic heterocycles. The van der Waals surface area contributed by atoms with Crippen LogP contribution < -0.4 is 5.32 Å². The van der Waals surface area contributed by atoms with Crippen LogP contribution in [0.2, 0.25) is 0 Å². The van der Waals surface area contributed by atoms with Crippen molar-refractivity contribution in [1.82, 2.24) is 10.2 Å². The molecule has 0 unspecified atom stereocenters. The highest BCUT2D eigenvalue weighted by molar-refractivity contribution is 7.80. The molecule has 4 heteroatoms. The number of thiocarbonyl (C=S) groups is 1. The van der Waals surface area contributed by atoms with E-state index in [9.17, 15) is 0 Å². The van der Waals surface area contributed by atoms with Crippen LogP contribution >= 0.6 is 12.2 Å². The molecule has 1 heterocycles. The second kappa shape index (κ2) is 7.46. The Balaban J connectivity index is 2.13. The highest BCUT2D eigenvalue weighted by atomic mass is 32.1. The molecule has 21 heavy (non-hydrogen) atoms. The van der Waals surface area contributed by atoms with Crippen molar-refractivity contribution in [3.63, 3.8) is 0 Å². The Morgan fingerprint density at radius 2 is 2.05 bits per heavy atom. The average molecular weight is 304 g/mol. The van der Waals surface area contributed by atoms with Gasteiger partial charge in [0.05, 0.1) is 0 Å². The van der Waals surface area contributed by atoms with Crippen molar-refractivity contribution >= 4 is 28.3 Å². The molecule has 0 radical (unpaired) electrons. The van der Waals surface area contributed by atoms with E-state index in [1.165, 1.54) is 17.4 Å². The van der Waals surface area contributed by atoms with Gasteiger partial charge in [-0.05, 0) is 24.7 Å². The highest BCUT2D eigenvalue weighted by Crippen LogP contribution is 2.27. The van der Waals surface area contributed by atoms with E-state index in [-0.39, 0.29) is 0 Å². The van der Waals surface area contributed by atoms with E-state index in [4.69, 9.17) is 16.6 Å². The quantitative estimate of drug-likeness (QED) is 0.642. The lowest BCUT2D eigenvalue weighted by Crippen LogP contribution is -2.37. The molecule has 0 bridgehead atoms. The van der Waals surface area contributed by atoms with Gasteiger partial charge in [-0.25, -0.2) is 0 Å². The Morgan fingerprint density at radius 1 is 1.29 bits per heavy atom. The van der Waals surface area contributed by atoms with E-state index in [0.717, 1.165) is 42.4 Å². The van der Waals surface area contributed by atoms with Crippen LogP contribution in [0.1, 0.15) is 38.0 Å². The van der Waals surface area contributed by atoms with Gasteiger partial charge in [-0.1, -0.05) is 38.5 Å². The van der Waals surface area contributed by atoms with Crippen LogP contribution in [0.25, 0.3) is 11.0 Å². The molecule has 0 aliphatic carbocycles. The molecule has 114 valence electrons. The van der Waals surface area contributed by atoms with Crippen molar-refractivity contribution in [2.75, 3.05) is 13.6 Å². The van der Waals surface area contributed by atoms with Crippen molar-refractivity contribution in [2.45, 2.75) is 39.7 Å². The lowest BCUT2D eigenvalue weighted by molar-refractivity contribution is 0.473. The summed E-state index contributed by atoms with van der Waals surface area (Å²) in [5.74, 6) is 1.06. The summed E-state index contributed by atoms with van der Waals surface area (Å²) in [7, 11) is 2.03. The second-order valence-electron chi connectivity index (χ2n) is 5.30. The maximum absolute atomic E-state index is 5.94. The first-order valence-electron chi connectivity index (χ1n) is 7.65. The van der Waals surface area contributed by atoms with Gasteiger partial charge in [0.2, 0.25) is 0 Å². The normalized spacial score (nSPS) is 10.8. The SMILES string of the molecule is CCCCNC(=S)N(C)Cc1c(CC)oc2ccccc12. The monoisotopic (exact) mass is 304 g/mol. The zero-order chi connectivity index (χ0) is 15.2. The number of nitrogens with zero attached hydrogens (tertiary/aromatic N) is 1. The number of aryl methyl sites for hydroxylation is 1. The average Bonchev–Trinajstić information content (AvgIpc) is 2.85. The molecule has 3 nitrogen and oxygen atoms in total. The number of furan rings is 1. The maximum atomic E-state index is 5.94. The van der Waals surface area contributed by atoms with Crippen molar-refractivity contribution < 1.29 is 4.42 Å². The highest BCUT2D eigenvalue weighted by Gasteiger charge is 2.15. The van der Waals surface area contributed by atoms with E-state index in [1.54, 1.807) is 0 Å². The van der Waals surface area contributed by atoms with Gasteiger partial charge in [-0.3, -0.25) is 0 Å². The van der Waals surface area contributed by atoms with Crippen LogP contribution in [0.5, 0.6) is 0 Å². The van der Waals surface area contributed by atoms with Gasteiger partial charge >= 0.3 is 0 Å². The van der Waals surface area contributed by atoms with Gasteiger partial charge in [-0.15, -0.1) is 0 Å². The molecular formula is C17H24N2OS. The van der Waals surface area contributed by atoms with Gasteiger partial charge in [0.15, 0.2) is 5.11 Å². The van der Waals surface area contributed by atoms with Crippen LogP contribution in [0.15, 0.2) is 28.7 Å². The molecule has 0 aliphatic heterocycles. The summed E-state index contributed by atoms with van der Waals surface area (Å²) in [4.78, 5) is 2.08. The van der Waals surface area contributed by atoms with Crippen LogP contribution in [-0.4, -0.2) is 23.6 Å². The predicted molar refractivity (Wildman–Crippen MR) is 92.6 cm³/mol. The summed E-state index contributed by atoms with van der Waals surface area (Å²) in [5.41, 5.74) is 2.21. The molecule has 0 fully saturated rings. The maximum Gasteiger partial charge on any atom is 0.168 e. The van der Waals surface area contributed by atoms with Gasteiger partial charge < -0.3 is 14.6 Å². The molecule has 0 saturated heterocycles. The van der Waals surface area contributed by atoms with E-state index in [1.807, 2.05) is 19.2 Å². The molecule has 2 aromatic rings. The van der Waals surface area contributed by atoms with E-state index < -0.39 is 0 Å². The fourth-order valence-electron chi connectivity index (χ4n) is 2.42. The van der Waals surface area contributed by atoms with E-state index in [0.29, 0.717) is 0 Å². The molecular weight excluding hydrogens is 280 g/mol. The van der Waals surface area contributed by atoms with Crippen molar-refractivity contribution in [3.05, 3.63) is 35.6 Å². The number of hydrogen-bond donors (Lipinski definition) is 1. The van der Waals surface area contributed by atoms with Crippen molar-refractivity contribution in [2.24, 2.45) is 0 Å². The number of rotatable bonds is 6. The Bertz CT molecular complexity index is 606. The molecule has 1 aromatic carbocycles. The Morgan fingerprint density at radius 3 is 2.76 bits per heavy atom. The van der Waals surface area contributed by atoms with Gasteiger partial charge in [0, 0.05) is 37.5 Å². The number of benzene rings is 1. The molecule has 0 saturated carbocycles. The molecule has 1 N–H and O–H groups in total. The third kappa shape index (κ3) is 3.76.